The Hall–Kier alpha value is -1.04. The fraction of sp³-hybridized carbons (Fsp3) is 0.385. The molecule has 68 valence electrons. The lowest BCUT2D eigenvalue weighted by Gasteiger charge is -2.20. The second kappa shape index (κ2) is 3.02. The molecule has 0 N–H and O–H groups in total. The molecular weight excluding hydrogens is 156 g/mol. The predicted octanol–water partition coefficient (Wildman–Crippen LogP) is 3.65. The molecular formula is C13H16. The summed E-state index contributed by atoms with van der Waals surface area (Å²) in [6, 6.07) is 4.56. The number of allylic oxidation sites excluding steroid dienone is 1. The quantitative estimate of drug-likeness (QED) is 0.560. The number of benzene rings is 1. The van der Waals surface area contributed by atoms with E-state index >= 15 is 0 Å². The van der Waals surface area contributed by atoms with Gasteiger partial charge in [0.05, 0.1) is 0 Å². The smallest absolute Gasteiger partial charge is 0.0193 e. The van der Waals surface area contributed by atoms with Gasteiger partial charge in [-0.3, -0.25) is 0 Å². The highest BCUT2D eigenvalue weighted by atomic mass is 14.2. The summed E-state index contributed by atoms with van der Waals surface area (Å²) in [5.74, 6) is 0. The average Bonchev–Trinajstić information content (AvgIpc) is 2.07. The third kappa shape index (κ3) is 1.41. The van der Waals surface area contributed by atoms with Gasteiger partial charge in [0.2, 0.25) is 0 Å². The van der Waals surface area contributed by atoms with Crippen LogP contribution < -0.4 is 0 Å². The average molecular weight is 172 g/mol. The highest BCUT2D eigenvalue weighted by Gasteiger charge is 2.14. The van der Waals surface area contributed by atoms with Gasteiger partial charge in [-0.15, -0.1) is 0 Å². The summed E-state index contributed by atoms with van der Waals surface area (Å²) in [5.41, 5.74) is 7.08. The topological polar surface area (TPSA) is 0 Å². The Balaban J connectivity index is 2.63. The highest BCUT2D eigenvalue weighted by Crippen LogP contribution is 2.32. The van der Waals surface area contributed by atoms with Crippen LogP contribution in [0.25, 0.3) is 5.57 Å². The van der Waals surface area contributed by atoms with Crippen molar-refractivity contribution in [2.75, 3.05) is 0 Å². The first kappa shape index (κ1) is 8.55. The molecule has 0 fully saturated rings. The number of aryl methyl sites for hydroxylation is 2. The van der Waals surface area contributed by atoms with Crippen LogP contribution in [0.1, 0.15) is 35.1 Å². The van der Waals surface area contributed by atoms with Gasteiger partial charge < -0.3 is 0 Å². The molecule has 0 saturated carbocycles. The fourth-order valence-electron chi connectivity index (χ4n) is 2.26. The Kier molecular flexibility index (Phi) is 1.99. The Morgan fingerprint density at radius 1 is 1.15 bits per heavy atom. The summed E-state index contributed by atoms with van der Waals surface area (Å²) in [7, 11) is 0. The van der Waals surface area contributed by atoms with Gasteiger partial charge in [-0.2, -0.15) is 0 Å². The zero-order valence-electron chi connectivity index (χ0n) is 8.48. The minimum Gasteiger partial charge on any atom is -0.0952 e. The van der Waals surface area contributed by atoms with E-state index in [2.05, 4.69) is 32.6 Å². The molecule has 2 rings (SSSR count). The second-order valence-electron chi connectivity index (χ2n) is 4.07. The van der Waals surface area contributed by atoms with Crippen LogP contribution in [0, 0.1) is 13.8 Å². The number of rotatable bonds is 0. The molecule has 0 heterocycles. The minimum atomic E-state index is 1.18. The van der Waals surface area contributed by atoms with Crippen molar-refractivity contribution in [1.29, 1.82) is 0 Å². The summed E-state index contributed by atoms with van der Waals surface area (Å²) in [6.45, 7) is 8.51. The van der Waals surface area contributed by atoms with Crippen molar-refractivity contribution >= 4 is 5.57 Å². The lowest BCUT2D eigenvalue weighted by molar-refractivity contribution is 0.816. The van der Waals surface area contributed by atoms with E-state index in [0.29, 0.717) is 0 Å². The fourth-order valence-corrected chi connectivity index (χ4v) is 2.26. The van der Waals surface area contributed by atoms with Gasteiger partial charge in [-0.05, 0) is 55.4 Å². The molecule has 1 aliphatic carbocycles. The van der Waals surface area contributed by atoms with Gasteiger partial charge in [0.25, 0.3) is 0 Å². The molecule has 0 unspecified atom stereocenters. The largest absolute Gasteiger partial charge is 0.0952 e. The first-order chi connectivity index (χ1) is 6.18. The van der Waals surface area contributed by atoms with Gasteiger partial charge in [0.1, 0.15) is 0 Å². The van der Waals surface area contributed by atoms with Crippen molar-refractivity contribution in [2.45, 2.75) is 33.1 Å². The molecule has 0 radical (unpaired) electrons. The van der Waals surface area contributed by atoms with E-state index in [0.717, 1.165) is 0 Å². The van der Waals surface area contributed by atoms with Crippen molar-refractivity contribution in [3.05, 3.63) is 41.0 Å². The van der Waals surface area contributed by atoms with Gasteiger partial charge in [-0.1, -0.05) is 24.3 Å². The molecule has 0 aromatic heterocycles. The molecule has 0 spiro atoms. The Labute approximate surface area is 80.3 Å². The van der Waals surface area contributed by atoms with E-state index < -0.39 is 0 Å². The van der Waals surface area contributed by atoms with E-state index in [9.17, 15) is 0 Å². The van der Waals surface area contributed by atoms with Crippen LogP contribution in [0.15, 0.2) is 18.7 Å². The van der Waals surface area contributed by atoms with Crippen LogP contribution >= 0.6 is 0 Å². The minimum absolute atomic E-state index is 1.18. The zero-order valence-corrected chi connectivity index (χ0v) is 8.48. The summed E-state index contributed by atoms with van der Waals surface area (Å²) in [4.78, 5) is 0. The molecule has 0 atom stereocenters. The molecule has 0 bridgehead atoms. The van der Waals surface area contributed by atoms with Crippen molar-refractivity contribution in [3.8, 4) is 0 Å². The lowest BCUT2D eigenvalue weighted by atomic mass is 9.85. The number of hydrogen-bond donors (Lipinski definition) is 0. The van der Waals surface area contributed by atoms with Crippen LogP contribution in [0.5, 0.6) is 0 Å². The van der Waals surface area contributed by atoms with Crippen molar-refractivity contribution in [1.82, 2.24) is 0 Å². The molecule has 1 aliphatic rings. The number of hydrogen-bond acceptors (Lipinski definition) is 0. The lowest BCUT2D eigenvalue weighted by Crippen LogP contribution is -2.03. The van der Waals surface area contributed by atoms with E-state index in [-0.39, 0.29) is 0 Å². The monoisotopic (exact) mass is 172 g/mol. The SMILES string of the molecule is C=C1CCCc2c(C)cc(C)cc21. The van der Waals surface area contributed by atoms with Crippen molar-refractivity contribution in [2.24, 2.45) is 0 Å². The van der Waals surface area contributed by atoms with Crippen molar-refractivity contribution < 1.29 is 0 Å². The summed E-state index contributed by atoms with van der Waals surface area (Å²) < 4.78 is 0. The maximum atomic E-state index is 4.14. The predicted molar refractivity (Wildman–Crippen MR) is 57.9 cm³/mol. The molecule has 13 heavy (non-hydrogen) atoms. The molecule has 0 aliphatic heterocycles. The molecule has 1 aromatic rings. The molecule has 0 amide bonds. The Morgan fingerprint density at radius 2 is 1.92 bits per heavy atom. The Bertz CT molecular complexity index is 359. The molecule has 0 heteroatoms. The van der Waals surface area contributed by atoms with E-state index in [1.807, 2.05) is 0 Å². The maximum Gasteiger partial charge on any atom is -0.0193 e. The highest BCUT2D eigenvalue weighted by molar-refractivity contribution is 5.69. The third-order valence-electron chi connectivity index (χ3n) is 2.90. The standard InChI is InChI=1S/C13H16/c1-9-7-11(3)12-6-4-5-10(2)13(12)8-9/h7-8H,2,4-6H2,1,3H3. The summed E-state index contributed by atoms with van der Waals surface area (Å²) in [5, 5.41) is 0. The normalized spacial score (nSPS) is 15.7. The maximum absolute atomic E-state index is 4.14. The van der Waals surface area contributed by atoms with Crippen LogP contribution in [-0.2, 0) is 6.42 Å². The van der Waals surface area contributed by atoms with Gasteiger partial charge in [-0.25, -0.2) is 0 Å². The van der Waals surface area contributed by atoms with Crippen LogP contribution in [-0.4, -0.2) is 0 Å². The van der Waals surface area contributed by atoms with Gasteiger partial charge >= 0.3 is 0 Å². The first-order valence-electron chi connectivity index (χ1n) is 4.97. The number of fused-ring (bicyclic) bond motifs is 1. The van der Waals surface area contributed by atoms with E-state index in [1.54, 1.807) is 0 Å². The van der Waals surface area contributed by atoms with Crippen LogP contribution in [0.3, 0.4) is 0 Å². The molecule has 0 nitrogen and oxygen atoms in total. The summed E-state index contributed by atoms with van der Waals surface area (Å²) in [6.07, 6.45) is 3.69. The molecule has 0 saturated heterocycles. The van der Waals surface area contributed by atoms with Gasteiger partial charge in [0.15, 0.2) is 0 Å². The molecule has 1 aromatic carbocycles. The Morgan fingerprint density at radius 3 is 2.69 bits per heavy atom. The van der Waals surface area contributed by atoms with E-state index in [1.165, 1.54) is 47.1 Å². The third-order valence-corrected chi connectivity index (χ3v) is 2.90. The first-order valence-corrected chi connectivity index (χ1v) is 4.97. The van der Waals surface area contributed by atoms with Crippen molar-refractivity contribution in [3.63, 3.8) is 0 Å². The second-order valence-corrected chi connectivity index (χ2v) is 4.07. The van der Waals surface area contributed by atoms with Crippen LogP contribution in [0.4, 0.5) is 0 Å². The van der Waals surface area contributed by atoms with Crippen LogP contribution in [0.2, 0.25) is 0 Å². The van der Waals surface area contributed by atoms with Gasteiger partial charge in [0, 0.05) is 0 Å². The summed E-state index contributed by atoms with van der Waals surface area (Å²) >= 11 is 0. The zero-order chi connectivity index (χ0) is 9.42. The van der Waals surface area contributed by atoms with E-state index in [4.69, 9.17) is 0 Å².